The molecule has 1 aliphatic heterocycles. The summed E-state index contributed by atoms with van der Waals surface area (Å²) in [7, 11) is 2.09. The largest absolute Gasteiger partial charge is 0.384 e. The second-order valence-corrected chi connectivity index (χ2v) is 5.88. The first-order chi connectivity index (χ1) is 8.79. The van der Waals surface area contributed by atoms with E-state index in [4.69, 9.17) is 5.73 Å². The lowest BCUT2D eigenvalue weighted by Gasteiger charge is -2.45. The van der Waals surface area contributed by atoms with Crippen LogP contribution in [-0.2, 0) is 0 Å². The number of rotatable bonds is 1. The van der Waals surface area contributed by atoms with Crippen molar-refractivity contribution in [2.75, 3.05) is 32.4 Å². The van der Waals surface area contributed by atoms with Crippen molar-refractivity contribution in [3.63, 3.8) is 0 Å². The highest BCUT2D eigenvalue weighted by atomic mass is 16.2. The zero-order valence-electron chi connectivity index (χ0n) is 12.1. The van der Waals surface area contributed by atoms with E-state index in [0.29, 0.717) is 11.4 Å². The lowest BCUT2D eigenvalue weighted by molar-refractivity contribution is 0.0311. The number of aryl methyl sites for hydroxylation is 1. The van der Waals surface area contributed by atoms with Crippen LogP contribution in [0, 0.1) is 6.92 Å². The molecule has 2 rings (SSSR count). The van der Waals surface area contributed by atoms with Crippen LogP contribution in [-0.4, -0.2) is 52.9 Å². The highest BCUT2D eigenvalue weighted by molar-refractivity contribution is 5.95. The smallest absolute Gasteiger partial charge is 0.254 e. The predicted octanol–water partition coefficient (Wildman–Crippen LogP) is 1.14. The van der Waals surface area contributed by atoms with Gasteiger partial charge in [0.2, 0.25) is 0 Å². The molecule has 1 aromatic rings. The summed E-state index contributed by atoms with van der Waals surface area (Å²) in [5, 5.41) is 0. The third-order valence-electron chi connectivity index (χ3n) is 3.82. The van der Waals surface area contributed by atoms with Gasteiger partial charge in [0.05, 0.1) is 0 Å². The molecule has 1 amide bonds. The Bertz CT molecular complexity index is 478. The summed E-state index contributed by atoms with van der Waals surface area (Å²) in [5.74, 6) is 0.440. The number of carbonyl (C=O) groups is 1. The van der Waals surface area contributed by atoms with E-state index < -0.39 is 0 Å². The molecule has 0 atom stereocenters. The van der Waals surface area contributed by atoms with Crippen molar-refractivity contribution >= 4 is 11.7 Å². The Kier molecular flexibility index (Phi) is 3.49. The number of aromatic nitrogens is 1. The standard InChI is InChI=1S/C14H22N4O/c1-10-7-11(8-12(15)16-10)13(19)18-6-5-17(4)14(2,3)9-18/h7-8H,5-6,9H2,1-4H3,(H2,15,16). The minimum Gasteiger partial charge on any atom is -0.384 e. The summed E-state index contributed by atoms with van der Waals surface area (Å²) >= 11 is 0. The summed E-state index contributed by atoms with van der Waals surface area (Å²) in [6.07, 6.45) is 0. The molecule has 0 saturated carbocycles. The van der Waals surface area contributed by atoms with Gasteiger partial charge in [-0.05, 0) is 40.0 Å². The van der Waals surface area contributed by atoms with E-state index >= 15 is 0 Å². The third kappa shape index (κ3) is 2.87. The van der Waals surface area contributed by atoms with Gasteiger partial charge in [-0.1, -0.05) is 0 Å². The van der Waals surface area contributed by atoms with Crippen molar-refractivity contribution < 1.29 is 4.79 Å². The predicted molar refractivity (Wildman–Crippen MR) is 76.0 cm³/mol. The summed E-state index contributed by atoms with van der Waals surface area (Å²) < 4.78 is 0. The van der Waals surface area contributed by atoms with Crippen LogP contribution in [0.1, 0.15) is 29.9 Å². The number of nitrogen functional groups attached to an aromatic ring is 1. The monoisotopic (exact) mass is 262 g/mol. The number of hydrogen-bond donors (Lipinski definition) is 1. The molecule has 0 radical (unpaired) electrons. The van der Waals surface area contributed by atoms with Crippen LogP contribution in [0.2, 0.25) is 0 Å². The molecular formula is C14H22N4O. The molecule has 5 heteroatoms. The van der Waals surface area contributed by atoms with Crippen LogP contribution in [0.15, 0.2) is 12.1 Å². The third-order valence-corrected chi connectivity index (χ3v) is 3.82. The van der Waals surface area contributed by atoms with Crippen LogP contribution in [0.5, 0.6) is 0 Å². The first-order valence-corrected chi connectivity index (χ1v) is 6.54. The van der Waals surface area contributed by atoms with Crippen LogP contribution in [0.3, 0.4) is 0 Å². The first kappa shape index (κ1) is 13.8. The first-order valence-electron chi connectivity index (χ1n) is 6.54. The Balaban J connectivity index is 2.20. The van der Waals surface area contributed by atoms with Crippen molar-refractivity contribution in [2.45, 2.75) is 26.3 Å². The van der Waals surface area contributed by atoms with Gasteiger partial charge < -0.3 is 10.6 Å². The Morgan fingerprint density at radius 2 is 2.05 bits per heavy atom. The van der Waals surface area contributed by atoms with Gasteiger partial charge in [-0.2, -0.15) is 0 Å². The fourth-order valence-corrected chi connectivity index (χ4v) is 2.41. The molecule has 0 aliphatic carbocycles. The average Bonchev–Trinajstić information content (AvgIpc) is 2.30. The van der Waals surface area contributed by atoms with Crippen molar-refractivity contribution in [3.05, 3.63) is 23.4 Å². The highest BCUT2D eigenvalue weighted by Gasteiger charge is 2.33. The van der Waals surface area contributed by atoms with E-state index in [2.05, 4.69) is 30.8 Å². The van der Waals surface area contributed by atoms with Crippen LogP contribution >= 0.6 is 0 Å². The van der Waals surface area contributed by atoms with Crippen LogP contribution < -0.4 is 5.73 Å². The summed E-state index contributed by atoms with van der Waals surface area (Å²) in [6.45, 7) is 8.51. The topological polar surface area (TPSA) is 62.5 Å². The zero-order chi connectivity index (χ0) is 14.2. The maximum absolute atomic E-state index is 12.5. The van der Waals surface area contributed by atoms with Gasteiger partial charge in [-0.15, -0.1) is 0 Å². The maximum atomic E-state index is 12.5. The Morgan fingerprint density at radius 1 is 1.37 bits per heavy atom. The molecule has 1 saturated heterocycles. The van der Waals surface area contributed by atoms with Gasteiger partial charge in [0, 0.05) is 36.4 Å². The normalized spacial score (nSPS) is 19.5. The Morgan fingerprint density at radius 3 is 2.63 bits per heavy atom. The number of amides is 1. The molecule has 0 bridgehead atoms. The molecule has 2 heterocycles. The van der Waals surface area contributed by atoms with Gasteiger partial charge in [0.25, 0.3) is 5.91 Å². The molecule has 2 N–H and O–H groups in total. The molecule has 0 unspecified atom stereocenters. The van der Waals surface area contributed by atoms with E-state index in [1.54, 1.807) is 12.1 Å². The summed E-state index contributed by atoms with van der Waals surface area (Å²) in [4.78, 5) is 20.8. The maximum Gasteiger partial charge on any atom is 0.254 e. The van der Waals surface area contributed by atoms with Crippen molar-refractivity contribution in [3.8, 4) is 0 Å². The minimum absolute atomic E-state index is 0.00152. The van der Waals surface area contributed by atoms with Gasteiger partial charge >= 0.3 is 0 Å². The number of likely N-dealkylation sites (N-methyl/N-ethyl adjacent to an activating group) is 1. The molecule has 0 spiro atoms. The van der Waals surface area contributed by atoms with E-state index in [9.17, 15) is 4.79 Å². The van der Waals surface area contributed by atoms with Crippen molar-refractivity contribution in [1.82, 2.24) is 14.8 Å². The van der Waals surface area contributed by atoms with Crippen LogP contribution in [0.4, 0.5) is 5.82 Å². The molecular weight excluding hydrogens is 240 g/mol. The highest BCUT2D eigenvalue weighted by Crippen LogP contribution is 2.21. The fraction of sp³-hybridized carbons (Fsp3) is 0.571. The molecule has 1 fully saturated rings. The Hall–Kier alpha value is -1.62. The molecule has 5 nitrogen and oxygen atoms in total. The number of hydrogen-bond acceptors (Lipinski definition) is 4. The fourth-order valence-electron chi connectivity index (χ4n) is 2.41. The quantitative estimate of drug-likeness (QED) is 0.824. The second kappa shape index (κ2) is 4.81. The molecule has 0 aromatic carbocycles. The number of carbonyl (C=O) groups excluding carboxylic acids is 1. The van der Waals surface area contributed by atoms with Gasteiger partial charge in [-0.25, -0.2) is 4.98 Å². The molecule has 104 valence electrons. The van der Waals surface area contributed by atoms with E-state index in [1.165, 1.54) is 0 Å². The van der Waals surface area contributed by atoms with Gasteiger partial charge in [0.15, 0.2) is 0 Å². The SMILES string of the molecule is Cc1cc(C(=O)N2CCN(C)C(C)(C)C2)cc(N)n1. The zero-order valence-corrected chi connectivity index (χ0v) is 12.1. The summed E-state index contributed by atoms with van der Waals surface area (Å²) in [6, 6.07) is 3.45. The Labute approximate surface area is 114 Å². The van der Waals surface area contributed by atoms with E-state index in [0.717, 1.165) is 25.3 Å². The number of nitrogens with zero attached hydrogens (tertiary/aromatic N) is 3. The summed E-state index contributed by atoms with van der Waals surface area (Å²) in [5.41, 5.74) is 7.12. The second-order valence-electron chi connectivity index (χ2n) is 5.88. The number of anilines is 1. The van der Waals surface area contributed by atoms with Crippen molar-refractivity contribution in [2.24, 2.45) is 0 Å². The minimum atomic E-state index is 0.00152. The van der Waals surface area contributed by atoms with E-state index in [-0.39, 0.29) is 11.4 Å². The number of pyridine rings is 1. The lowest BCUT2D eigenvalue weighted by Crippen LogP contribution is -2.58. The van der Waals surface area contributed by atoms with Crippen molar-refractivity contribution in [1.29, 1.82) is 0 Å². The molecule has 19 heavy (non-hydrogen) atoms. The molecule has 1 aliphatic rings. The number of piperazine rings is 1. The van der Waals surface area contributed by atoms with E-state index in [1.807, 2.05) is 11.8 Å². The van der Waals surface area contributed by atoms with Gasteiger partial charge in [-0.3, -0.25) is 9.69 Å². The van der Waals surface area contributed by atoms with Crippen LogP contribution in [0.25, 0.3) is 0 Å². The number of nitrogens with two attached hydrogens (primary N) is 1. The molecule has 1 aromatic heterocycles. The average molecular weight is 262 g/mol. The van der Waals surface area contributed by atoms with Gasteiger partial charge in [0.1, 0.15) is 5.82 Å². The lowest BCUT2D eigenvalue weighted by atomic mass is 9.99.